The zero-order valence-electron chi connectivity index (χ0n) is 18.6. The van der Waals surface area contributed by atoms with Crippen molar-refractivity contribution in [2.24, 2.45) is 5.92 Å². The Balaban J connectivity index is 1.25. The summed E-state index contributed by atoms with van der Waals surface area (Å²) in [6.07, 6.45) is 6.74. The van der Waals surface area contributed by atoms with Gasteiger partial charge in [0.15, 0.2) is 5.82 Å². The van der Waals surface area contributed by atoms with Crippen LogP contribution < -0.4 is 0 Å². The molecule has 6 heteroatoms. The van der Waals surface area contributed by atoms with E-state index >= 15 is 0 Å². The molecule has 2 aromatic carbocycles. The Hall–Kier alpha value is -3.54. The summed E-state index contributed by atoms with van der Waals surface area (Å²) in [6.45, 7) is 0. The minimum absolute atomic E-state index is 0.100. The molecule has 5 rings (SSSR count). The Bertz CT molecular complexity index is 1260. The van der Waals surface area contributed by atoms with Gasteiger partial charge in [0, 0.05) is 18.2 Å². The Labute approximate surface area is 192 Å². The summed E-state index contributed by atoms with van der Waals surface area (Å²) >= 11 is 0. The number of esters is 1. The highest BCUT2D eigenvalue weighted by Crippen LogP contribution is 2.37. The molecule has 1 N–H and O–H groups in total. The fraction of sp³-hybridized carbons (Fsp3) is 0.296. The standard InChI is InChI=1S/C27H26FN3O2/c1-33-26(32)14-17-2-4-18(5-3-17)19-6-8-20(9-7-19)21-10-12-24(29-16-21)27-30-23-13-11-22(28)15-25(23)31-27/h6-13,15-18H,2-5,14H2,1H3,(H,30,31). The van der Waals surface area contributed by atoms with E-state index in [1.807, 2.05) is 18.3 Å². The number of aromatic nitrogens is 3. The highest BCUT2D eigenvalue weighted by atomic mass is 19.1. The number of nitrogens with one attached hydrogen (secondary N) is 1. The van der Waals surface area contributed by atoms with Crippen LogP contribution in [0.5, 0.6) is 0 Å². The van der Waals surface area contributed by atoms with Crippen molar-refractivity contribution in [3.05, 3.63) is 72.2 Å². The van der Waals surface area contributed by atoms with Crippen LogP contribution in [0.2, 0.25) is 0 Å². The van der Waals surface area contributed by atoms with Crippen molar-refractivity contribution in [2.45, 2.75) is 38.0 Å². The second-order valence-corrected chi connectivity index (χ2v) is 8.80. The van der Waals surface area contributed by atoms with Gasteiger partial charge in [0.2, 0.25) is 0 Å². The summed E-state index contributed by atoms with van der Waals surface area (Å²) in [5.41, 5.74) is 5.60. The van der Waals surface area contributed by atoms with Gasteiger partial charge in [0.1, 0.15) is 11.5 Å². The van der Waals surface area contributed by atoms with E-state index in [0.717, 1.165) is 42.5 Å². The van der Waals surface area contributed by atoms with Crippen LogP contribution in [0.15, 0.2) is 60.8 Å². The van der Waals surface area contributed by atoms with E-state index in [1.54, 1.807) is 6.07 Å². The van der Waals surface area contributed by atoms with E-state index in [9.17, 15) is 9.18 Å². The number of H-pyrrole nitrogens is 1. The SMILES string of the molecule is COC(=O)CC1CCC(c2ccc(-c3ccc(-c4nc5ccc(F)cc5[nH]4)nc3)cc2)CC1. The Kier molecular flexibility index (Phi) is 5.90. The third kappa shape index (κ3) is 4.65. The zero-order chi connectivity index (χ0) is 22.8. The molecular formula is C27H26FN3O2. The fourth-order valence-electron chi connectivity index (χ4n) is 4.77. The van der Waals surface area contributed by atoms with Crippen LogP contribution in [0, 0.1) is 11.7 Å². The Morgan fingerprint density at radius 1 is 1.03 bits per heavy atom. The van der Waals surface area contributed by atoms with E-state index in [0.29, 0.717) is 35.1 Å². The predicted octanol–water partition coefficient (Wildman–Crippen LogP) is 6.27. The van der Waals surface area contributed by atoms with Gasteiger partial charge in [0.25, 0.3) is 0 Å². The number of carbonyl (C=O) groups is 1. The number of hydrogen-bond acceptors (Lipinski definition) is 4. The number of benzene rings is 2. The summed E-state index contributed by atoms with van der Waals surface area (Å²) < 4.78 is 18.2. The van der Waals surface area contributed by atoms with Crippen molar-refractivity contribution in [2.75, 3.05) is 7.11 Å². The maximum atomic E-state index is 13.4. The summed E-state index contributed by atoms with van der Waals surface area (Å²) in [7, 11) is 1.46. The van der Waals surface area contributed by atoms with Crippen molar-refractivity contribution < 1.29 is 13.9 Å². The van der Waals surface area contributed by atoms with Gasteiger partial charge >= 0.3 is 5.97 Å². The van der Waals surface area contributed by atoms with E-state index in [2.05, 4.69) is 39.2 Å². The second-order valence-electron chi connectivity index (χ2n) is 8.80. The van der Waals surface area contributed by atoms with E-state index in [-0.39, 0.29) is 11.8 Å². The normalized spacial score (nSPS) is 18.4. The molecule has 1 saturated carbocycles. The number of halogens is 1. The molecule has 5 nitrogen and oxygen atoms in total. The van der Waals surface area contributed by atoms with Crippen molar-refractivity contribution in [1.29, 1.82) is 0 Å². The number of nitrogens with zero attached hydrogens (tertiary/aromatic N) is 2. The largest absolute Gasteiger partial charge is 0.469 e. The highest BCUT2D eigenvalue weighted by molar-refractivity contribution is 5.79. The predicted molar refractivity (Wildman–Crippen MR) is 126 cm³/mol. The lowest BCUT2D eigenvalue weighted by Crippen LogP contribution is -2.17. The number of carbonyl (C=O) groups excluding carboxylic acids is 1. The van der Waals surface area contributed by atoms with Gasteiger partial charge in [-0.3, -0.25) is 9.78 Å². The molecule has 2 aromatic heterocycles. The van der Waals surface area contributed by atoms with Crippen LogP contribution in [0.25, 0.3) is 33.7 Å². The molecule has 1 aliphatic rings. The molecule has 0 amide bonds. The van der Waals surface area contributed by atoms with Crippen LogP contribution in [-0.4, -0.2) is 28.0 Å². The number of pyridine rings is 1. The first-order valence-corrected chi connectivity index (χ1v) is 11.4. The first-order chi connectivity index (χ1) is 16.1. The minimum atomic E-state index is -0.293. The van der Waals surface area contributed by atoms with Crippen molar-refractivity contribution in [3.8, 4) is 22.6 Å². The minimum Gasteiger partial charge on any atom is -0.469 e. The molecule has 2 heterocycles. The molecule has 0 spiro atoms. The van der Waals surface area contributed by atoms with Gasteiger partial charge in [-0.05, 0) is 72.9 Å². The number of fused-ring (bicyclic) bond motifs is 1. The molecule has 0 radical (unpaired) electrons. The number of hydrogen-bond donors (Lipinski definition) is 1. The van der Waals surface area contributed by atoms with Gasteiger partial charge in [-0.15, -0.1) is 0 Å². The van der Waals surface area contributed by atoms with Crippen LogP contribution in [0.3, 0.4) is 0 Å². The topological polar surface area (TPSA) is 67.9 Å². The van der Waals surface area contributed by atoms with Crippen LogP contribution in [0.1, 0.15) is 43.6 Å². The van der Waals surface area contributed by atoms with E-state index < -0.39 is 0 Å². The monoisotopic (exact) mass is 443 g/mol. The van der Waals surface area contributed by atoms with E-state index in [1.165, 1.54) is 24.8 Å². The maximum Gasteiger partial charge on any atom is 0.305 e. The molecule has 1 fully saturated rings. The molecule has 1 aliphatic carbocycles. The first kappa shape index (κ1) is 21.3. The van der Waals surface area contributed by atoms with Crippen LogP contribution in [0.4, 0.5) is 4.39 Å². The molecule has 4 aromatic rings. The summed E-state index contributed by atoms with van der Waals surface area (Å²) in [5, 5.41) is 0. The molecule has 0 saturated heterocycles. The third-order valence-electron chi connectivity index (χ3n) is 6.70. The lowest BCUT2D eigenvalue weighted by Gasteiger charge is -2.28. The summed E-state index contributed by atoms with van der Waals surface area (Å²) in [4.78, 5) is 23.7. The molecule has 0 atom stereocenters. The Morgan fingerprint density at radius 2 is 1.79 bits per heavy atom. The van der Waals surface area contributed by atoms with Gasteiger partial charge in [0.05, 0.1) is 18.1 Å². The molecule has 33 heavy (non-hydrogen) atoms. The molecule has 0 aliphatic heterocycles. The number of aromatic amines is 1. The molecular weight excluding hydrogens is 417 g/mol. The third-order valence-corrected chi connectivity index (χ3v) is 6.70. The molecule has 0 bridgehead atoms. The lowest BCUT2D eigenvalue weighted by atomic mass is 9.77. The van der Waals surface area contributed by atoms with Gasteiger partial charge in [-0.2, -0.15) is 0 Å². The zero-order valence-corrected chi connectivity index (χ0v) is 18.6. The van der Waals surface area contributed by atoms with Crippen molar-refractivity contribution >= 4 is 17.0 Å². The number of rotatable bonds is 5. The maximum absolute atomic E-state index is 13.4. The number of methoxy groups -OCH3 is 1. The van der Waals surface area contributed by atoms with E-state index in [4.69, 9.17) is 4.74 Å². The second kappa shape index (κ2) is 9.14. The van der Waals surface area contributed by atoms with Gasteiger partial charge in [-0.1, -0.05) is 30.3 Å². The summed E-state index contributed by atoms with van der Waals surface area (Å²) in [6, 6.07) is 17.2. The van der Waals surface area contributed by atoms with Crippen molar-refractivity contribution in [1.82, 2.24) is 15.0 Å². The van der Waals surface area contributed by atoms with Crippen molar-refractivity contribution in [3.63, 3.8) is 0 Å². The Morgan fingerprint density at radius 3 is 2.48 bits per heavy atom. The van der Waals surface area contributed by atoms with Crippen LogP contribution in [-0.2, 0) is 9.53 Å². The molecule has 0 unspecified atom stereocenters. The lowest BCUT2D eigenvalue weighted by molar-refractivity contribution is -0.142. The number of ether oxygens (including phenoxy) is 1. The smallest absolute Gasteiger partial charge is 0.305 e. The molecule has 168 valence electrons. The van der Waals surface area contributed by atoms with Gasteiger partial charge < -0.3 is 9.72 Å². The van der Waals surface area contributed by atoms with Crippen LogP contribution >= 0.6 is 0 Å². The summed E-state index contributed by atoms with van der Waals surface area (Å²) in [5.74, 6) is 1.23. The average molecular weight is 444 g/mol. The fourth-order valence-corrected chi connectivity index (χ4v) is 4.77. The quantitative estimate of drug-likeness (QED) is 0.369. The highest BCUT2D eigenvalue weighted by Gasteiger charge is 2.24. The number of imidazole rings is 1. The first-order valence-electron chi connectivity index (χ1n) is 11.4. The van der Waals surface area contributed by atoms with Gasteiger partial charge in [-0.25, -0.2) is 9.37 Å². The average Bonchev–Trinajstić information content (AvgIpc) is 3.28.